The zero-order chi connectivity index (χ0) is 9.26. The van der Waals surface area contributed by atoms with Crippen molar-refractivity contribution in [3.63, 3.8) is 0 Å². The first kappa shape index (κ1) is 9.24. The van der Waals surface area contributed by atoms with Crippen molar-refractivity contribution in [2.45, 2.75) is 25.1 Å². The molecule has 1 fully saturated rings. The molecule has 0 aliphatic heterocycles. The summed E-state index contributed by atoms with van der Waals surface area (Å²) in [6.07, 6.45) is 1.01. The molecule has 1 aliphatic rings. The average molecular weight is 291 g/mol. The molecule has 1 N–H and O–H groups in total. The maximum Gasteiger partial charge on any atom is 0.120 e. The van der Waals surface area contributed by atoms with Gasteiger partial charge in [-0.1, -0.05) is 0 Å². The lowest BCUT2D eigenvalue weighted by molar-refractivity contribution is 0.186. The van der Waals surface area contributed by atoms with Crippen molar-refractivity contribution in [2.75, 3.05) is 5.32 Å². The number of benzene rings is 1. The van der Waals surface area contributed by atoms with Crippen molar-refractivity contribution < 1.29 is 4.39 Å². The maximum atomic E-state index is 12.9. The Hall–Kier alpha value is -0.320. The van der Waals surface area contributed by atoms with Gasteiger partial charge in [0.2, 0.25) is 0 Å². The Morgan fingerprint density at radius 3 is 2.38 bits per heavy atom. The lowest BCUT2D eigenvalue weighted by Crippen LogP contribution is -2.39. The van der Waals surface area contributed by atoms with Crippen LogP contribution >= 0.6 is 22.6 Å². The smallest absolute Gasteiger partial charge is 0.120 e. The SMILES string of the molecule is FC1CCC1Nc1ccc(I)cc1. The van der Waals surface area contributed by atoms with E-state index in [0.29, 0.717) is 6.42 Å². The van der Waals surface area contributed by atoms with Crippen LogP contribution < -0.4 is 5.32 Å². The van der Waals surface area contributed by atoms with Crippen LogP contribution in [0.25, 0.3) is 0 Å². The zero-order valence-electron chi connectivity index (χ0n) is 7.13. The lowest BCUT2D eigenvalue weighted by atomic mass is 9.90. The fourth-order valence-corrected chi connectivity index (χ4v) is 1.74. The van der Waals surface area contributed by atoms with Gasteiger partial charge in [-0.05, 0) is 59.7 Å². The highest BCUT2D eigenvalue weighted by Gasteiger charge is 2.30. The van der Waals surface area contributed by atoms with E-state index in [9.17, 15) is 4.39 Å². The monoisotopic (exact) mass is 291 g/mol. The van der Waals surface area contributed by atoms with Gasteiger partial charge in [0.15, 0.2) is 0 Å². The van der Waals surface area contributed by atoms with Crippen LogP contribution in [0.4, 0.5) is 10.1 Å². The van der Waals surface area contributed by atoms with Crippen molar-refractivity contribution in [3.8, 4) is 0 Å². The van der Waals surface area contributed by atoms with Gasteiger partial charge in [-0.15, -0.1) is 0 Å². The molecule has 13 heavy (non-hydrogen) atoms. The molecule has 2 rings (SSSR count). The number of anilines is 1. The van der Waals surface area contributed by atoms with Gasteiger partial charge in [-0.25, -0.2) is 4.39 Å². The fourth-order valence-electron chi connectivity index (χ4n) is 1.38. The summed E-state index contributed by atoms with van der Waals surface area (Å²) in [7, 11) is 0. The molecule has 1 aromatic carbocycles. The van der Waals surface area contributed by atoms with Gasteiger partial charge in [-0.3, -0.25) is 0 Å². The second-order valence-corrected chi connectivity index (χ2v) is 4.60. The second-order valence-electron chi connectivity index (χ2n) is 3.35. The van der Waals surface area contributed by atoms with E-state index in [4.69, 9.17) is 0 Å². The molecule has 70 valence electrons. The van der Waals surface area contributed by atoms with E-state index in [2.05, 4.69) is 27.9 Å². The topological polar surface area (TPSA) is 12.0 Å². The minimum Gasteiger partial charge on any atom is -0.379 e. The maximum absolute atomic E-state index is 12.9. The van der Waals surface area contributed by atoms with Crippen molar-refractivity contribution in [1.82, 2.24) is 0 Å². The van der Waals surface area contributed by atoms with Crippen LogP contribution in [0.3, 0.4) is 0 Å². The summed E-state index contributed by atoms with van der Waals surface area (Å²) in [5, 5.41) is 3.18. The molecule has 0 saturated heterocycles. The van der Waals surface area contributed by atoms with Gasteiger partial charge in [0.05, 0.1) is 6.04 Å². The van der Waals surface area contributed by atoms with E-state index in [1.807, 2.05) is 24.3 Å². The summed E-state index contributed by atoms with van der Waals surface area (Å²) < 4.78 is 14.1. The molecule has 0 aromatic heterocycles. The van der Waals surface area contributed by atoms with Crippen molar-refractivity contribution in [3.05, 3.63) is 27.8 Å². The molecule has 1 nitrogen and oxygen atoms in total. The molecule has 0 bridgehead atoms. The lowest BCUT2D eigenvalue weighted by Gasteiger charge is -2.31. The number of halogens is 2. The number of nitrogens with one attached hydrogen (secondary N) is 1. The molecular weight excluding hydrogens is 280 g/mol. The fraction of sp³-hybridized carbons (Fsp3) is 0.400. The van der Waals surface area contributed by atoms with Crippen LogP contribution in [0.2, 0.25) is 0 Å². The third kappa shape index (κ3) is 2.13. The van der Waals surface area contributed by atoms with E-state index in [1.165, 1.54) is 3.57 Å². The first-order chi connectivity index (χ1) is 6.25. The Kier molecular flexibility index (Phi) is 2.71. The third-order valence-electron chi connectivity index (χ3n) is 2.39. The summed E-state index contributed by atoms with van der Waals surface area (Å²) in [6, 6.07) is 8.07. The Bertz CT molecular complexity index is 285. The van der Waals surface area contributed by atoms with Crippen LogP contribution in [0.15, 0.2) is 24.3 Å². The number of alkyl halides is 1. The van der Waals surface area contributed by atoms with Gasteiger partial charge < -0.3 is 5.32 Å². The summed E-state index contributed by atoms with van der Waals surface area (Å²) in [4.78, 5) is 0. The highest BCUT2D eigenvalue weighted by Crippen LogP contribution is 2.26. The van der Waals surface area contributed by atoms with Crippen LogP contribution in [0.5, 0.6) is 0 Å². The molecule has 0 heterocycles. The van der Waals surface area contributed by atoms with Crippen molar-refractivity contribution in [1.29, 1.82) is 0 Å². The van der Waals surface area contributed by atoms with E-state index in [1.54, 1.807) is 0 Å². The van der Waals surface area contributed by atoms with Crippen LogP contribution in [-0.2, 0) is 0 Å². The van der Waals surface area contributed by atoms with E-state index in [0.717, 1.165) is 12.1 Å². The summed E-state index contributed by atoms with van der Waals surface area (Å²) in [6.45, 7) is 0. The predicted octanol–water partition coefficient (Wildman–Crippen LogP) is 3.20. The predicted molar refractivity (Wildman–Crippen MR) is 60.7 cm³/mol. The van der Waals surface area contributed by atoms with Gasteiger partial charge in [0, 0.05) is 9.26 Å². The van der Waals surface area contributed by atoms with Crippen LogP contribution in [-0.4, -0.2) is 12.2 Å². The first-order valence-corrected chi connectivity index (χ1v) is 5.50. The Balaban J connectivity index is 1.98. The Morgan fingerprint density at radius 2 is 1.92 bits per heavy atom. The quantitative estimate of drug-likeness (QED) is 0.825. The Labute approximate surface area is 90.9 Å². The second kappa shape index (κ2) is 3.82. The molecule has 0 radical (unpaired) electrons. The number of hydrogen-bond acceptors (Lipinski definition) is 1. The van der Waals surface area contributed by atoms with Crippen LogP contribution in [0, 0.1) is 3.57 Å². The molecule has 1 aromatic rings. The minimum atomic E-state index is -0.653. The molecule has 3 heteroatoms. The molecular formula is C10H11FIN. The van der Waals surface area contributed by atoms with Gasteiger partial charge >= 0.3 is 0 Å². The summed E-state index contributed by atoms with van der Waals surface area (Å²) in [5.74, 6) is 0. The first-order valence-electron chi connectivity index (χ1n) is 4.42. The summed E-state index contributed by atoms with van der Waals surface area (Å²) >= 11 is 2.26. The zero-order valence-corrected chi connectivity index (χ0v) is 9.29. The van der Waals surface area contributed by atoms with Crippen molar-refractivity contribution in [2.24, 2.45) is 0 Å². The highest BCUT2D eigenvalue weighted by molar-refractivity contribution is 14.1. The molecule has 1 saturated carbocycles. The third-order valence-corrected chi connectivity index (χ3v) is 3.11. The summed E-state index contributed by atoms with van der Waals surface area (Å²) in [5.41, 5.74) is 1.02. The average Bonchev–Trinajstić information content (AvgIpc) is 2.15. The molecule has 0 amide bonds. The normalized spacial score (nSPS) is 26.6. The molecule has 2 unspecified atom stereocenters. The molecule has 0 spiro atoms. The van der Waals surface area contributed by atoms with Crippen molar-refractivity contribution >= 4 is 28.3 Å². The van der Waals surface area contributed by atoms with E-state index < -0.39 is 6.17 Å². The number of hydrogen-bond donors (Lipinski definition) is 1. The largest absolute Gasteiger partial charge is 0.379 e. The van der Waals surface area contributed by atoms with E-state index >= 15 is 0 Å². The highest BCUT2D eigenvalue weighted by atomic mass is 127. The standard InChI is InChI=1S/C10H11FIN/c11-9-5-6-10(9)13-8-3-1-7(12)2-4-8/h1-4,9-10,13H,5-6H2. The Morgan fingerprint density at radius 1 is 1.23 bits per heavy atom. The minimum absolute atomic E-state index is 0.0417. The number of rotatable bonds is 2. The van der Waals surface area contributed by atoms with Crippen LogP contribution in [0.1, 0.15) is 12.8 Å². The van der Waals surface area contributed by atoms with Gasteiger partial charge in [0.1, 0.15) is 6.17 Å². The molecule has 2 atom stereocenters. The van der Waals surface area contributed by atoms with Gasteiger partial charge in [0.25, 0.3) is 0 Å². The molecule has 1 aliphatic carbocycles. The van der Waals surface area contributed by atoms with E-state index in [-0.39, 0.29) is 6.04 Å². The van der Waals surface area contributed by atoms with Gasteiger partial charge in [-0.2, -0.15) is 0 Å².